The lowest BCUT2D eigenvalue weighted by atomic mass is 10.0. The number of benzene rings is 1. The number of primary amides is 1. The number of urea groups is 1. The molecular weight excluding hydrogens is 382 g/mol. The first kappa shape index (κ1) is 22.0. The van der Waals surface area contributed by atoms with E-state index in [1.54, 1.807) is 24.3 Å². The molecule has 2 atom stereocenters. The Labute approximate surface area is 170 Å². The molecule has 0 aliphatic heterocycles. The molecule has 1 fully saturated rings. The molecule has 3 amide bonds. The first-order chi connectivity index (χ1) is 13.4. The number of ether oxygens (including phenoxy) is 1. The highest BCUT2D eigenvalue weighted by Gasteiger charge is 2.25. The molecule has 8 heteroatoms. The highest BCUT2D eigenvalue weighted by Crippen LogP contribution is 2.25. The summed E-state index contributed by atoms with van der Waals surface area (Å²) in [4.78, 5) is 36.0. The topological polar surface area (TPSA) is 111 Å². The van der Waals surface area contributed by atoms with E-state index >= 15 is 0 Å². The van der Waals surface area contributed by atoms with Crippen molar-refractivity contribution in [2.24, 2.45) is 5.73 Å². The number of esters is 1. The second-order valence-corrected chi connectivity index (χ2v) is 7.52. The predicted molar refractivity (Wildman–Crippen MR) is 107 cm³/mol. The van der Waals surface area contributed by atoms with Crippen LogP contribution < -0.4 is 16.4 Å². The van der Waals surface area contributed by atoms with Gasteiger partial charge in [-0.15, -0.1) is 0 Å². The van der Waals surface area contributed by atoms with Gasteiger partial charge in [-0.2, -0.15) is 0 Å². The first-order valence-corrected chi connectivity index (χ1v) is 10.0. The summed E-state index contributed by atoms with van der Waals surface area (Å²) in [7, 11) is 0. The third-order valence-corrected chi connectivity index (χ3v) is 5.19. The van der Waals surface area contributed by atoms with Crippen LogP contribution in [0.15, 0.2) is 24.3 Å². The Morgan fingerprint density at radius 2 is 1.82 bits per heavy atom. The maximum atomic E-state index is 12.3. The molecule has 0 bridgehead atoms. The Morgan fingerprint density at radius 3 is 2.43 bits per heavy atom. The quantitative estimate of drug-likeness (QED) is 0.474. The number of carbonyl (C=O) groups is 3. The standard InChI is InChI=1S/C20H28ClN3O4/c1-13(19(26)23-14-8-4-2-3-5-9-14)28-18(25)12-17(24-20(22)27)15-10-6-7-11-16(15)21/h6-7,10-11,13-14,17H,2-5,8-9,12H2,1H3,(H,23,26)(H3,22,24,27)/t13-,17-/m1/s1. The monoisotopic (exact) mass is 409 g/mol. The van der Waals surface area contributed by atoms with E-state index < -0.39 is 24.1 Å². The molecular formula is C20H28ClN3O4. The summed E-state index contributed by atoms with van der Waals surface area (Å²) in [6.07, 6.45) is 5.35. The lowest BCUT2D eigenvalue weighted by Crippen LogP contribution is -2.42. The molecule has 0 saturated heterocycles. The molecule has 1 aromatic carbocycles. The number of amides is 3. The third-order valence-electron chi connectivity index (χ3n) is 4.85. The van der Waals surface area contributed by atoms with Crippen molar-refractivity contribution < 1.29 is 19.1 Å². The summed E-state index contributed by atoms with van der Waals surface area (Å²) in [5.41, 5.74) is 5.76. The van der Waals surface area contributed by atoms with E-state index in [4.69, 9.17) is 22.1 Å². The largest absolute Gasteiger partial charge is 0.452 e. The highest BCUT2D eigenvalue weighted by atomic mass is 35.5. The van der Waals surface area contributed by atoms with E-state index in [1.165, 1.54) is 19.8 Å². The van der Waals surface area contributed by atoms with Crippen LogP contribution in [-0.4, -0.2) is 30.1 Å². The fraction of sp³-hybridized carbons (Fsp3) is 0.550. The fourth-order valence-electron chi connectivity index (χ4n) is 3.38. The summed E-state index contributed by atoms with van der Waals surface area (Å²) in [6.45, 7) is 1.54. The van der Waals surface area contributed by atoms with Gasteiger partial charge in [0, 0.05) is 11.1 Å². The van der Waals surface area contributed by atoms with Crippen molar-refractivity contribution in [3.8, 4) is 0 Å². The van der Waals surface area contributed by atoms with Crippen molar-refractivity contribution >= 4 is 29.5 Å². The SMILES string of the molecule is C[C@@H](OC(=O)C[C@@H](NC(N)=O)c1ccccc1Cl)C(=O)NC1CCCCCC1. The number of hydrogen-bond donors (Lipinski definition) is 3. The lowest BCUT2D eigenvalue weighted by molar-refractivity contribution is -0.155. The number of carbonyl (C=O) groups excluding carboxylic acids is 3. The van der Waals surface area contributed by atoms with E-state index in [1.807, 2.05) is 0 Å². The van der Waals surface area contributed by atoms with Crippen molar-refractivity contribution in [3.63, 3.8) is 0 Å². The maximum Gasteiger partial charge on any atom is 0.312 e. The Kier molecular flexibility index (Phi) is 8.57. The van der Waals surface area contributed by atoms with E-state index in [9.17, 15) is 14.4 Å². The van der Waals surface area contributed by atoms with Crippen LogP contribution in [0, 0.1) is 0 Å². The highest BCUT2D eigenvalue weighted by molar-refractivity contribution is 6.31. The third kappa shape index (κ3) is 7.03. The van der Waals surface area contributed by atoms with Gasteiger partial charge in [-0.25, -0.2) is 4.79 Å². The minimum atomic E-state index is -0.920. The summed E-state index contributed by atoms with van der Waals surface area (Å²) >= 11 is 6.16. The predicted octanol–water partition coefficient (Wildman–Crippen LogP) is 3.21. The van der Waals surface area contributed by atoms with Crippen molar-refractivity contribution in [1.29, 1.82) is 0 Å². The van der Waals surface area contributed by atoms with Crippen LogP contribution >= 0.6 is 11.6 Å². The Bertz CT molecular complexity index is 690. The molecule has 0 unspecified atom stereocenters. The van der Waals surface area contributed by atoms with Gasteiger partial charge < -0.3 is 21.1 Å². The molecule has 0 spiro atoms. The van der Waals surface area contributed by atoms with Gasteiger partial charge >= 0.3 is 12.0 Å². The van der Waals surface area contributed by atoms with Crippen LogP contribution in [0.3, 0.4) is 0 Å². The van der Waals surface area contributed by atoms with Gasteiger partial charge in [-0.1, -0.05) is 55.5 Å². The van der Waals surface area contributed by atoms with Gasteiger partial charge in [0.05, 0.1) is 12.5 Å². The van der Waals surface area contributed by atoms with Crippen molar-refractivity contribution in [2.45, 2.75) is 70.1 Å². The molecule has 0 radical (unpaired) electrons. The molecule has 154 valence electrons. The minimum absolute atomic E-state index is 0.128. The van der Waals surface area contributed by atoms with Crippen LogP contribution in [0.1, 0.15) is 63.5 Å². The molecule has 1 aromatic rings. The number of nitrogens with two attached hydrogens (primary N) is 1. The van der Waals surface area contributed by atoms with Gasteiger partial charge in [0.1, 0.15) is 0 Å². The van der Waals surface area contributed by atoms with E-state index in [0.29, 0.717) is 10.6 Å². The zero-order valence-corrected chi connectivity index (χ0v) is 16.8. The second kappa shape index (κ2) is 10.9. The van der Waals surface area contributed by atoms with E-state index in [0.717, 1.165) is 25.7 Å². The summed E-state index contributed by atoms with van der Waals surface area (Å²) in [6, 6.07) is 5.44. The maximum absolute atomic E-state index is 12.3. The van der Waals surface area contributed by atoms with Gasteiger partial charge in [0.15, 0.2) is 6.10 Å². The zero-order chi connectivity index (χ0) is 20.5. The van der Waals surface area contributed by atoms with Crippen LogP contribution in [0.4, 0.5) is 4.79 Å². The van der Waals surface area contributed by atoms with Crippen LogP contribution in [-0.2, 0) is 14.3 Å². The Balaban J connectivity index is 1.92. The van der Waals surface area contributed by atoms with Gasteiger partial charge in [-0.05, 0) is 31.4 Å². The number of hydrogen-bond acceptors (Lipinski definition) is 4. The van der Waals surface area contributed by atoms with Crippen LogP contribution in [0.2, 0.25) is 5.02 Å². The lowest BCUT2D eigenvalue weighted by Gasteiger charge is -2.22. The molecule has 1 aliphatic rings. The average molecular weight is 410 g/mol. The molecule has 0 aromatic heterocycles. The number of rotatable bonds is 7. The summed E-state index contributed by atoms with van der Waals surface area (Å²) < 4.78 is 5.27. The van der Waals surface area contributed by atoms with Crippen molar-refractivity contribution in [3.05, 3.63) is 34.9 Å². The molecule has 1 aliphatic carbocycles. The first-order valence-electron chi connectivity index (χ1n) is 9.67. The molecule has 0 heterocycles. The van der Waals surface area contributed by atoms with Gasteiger partial charge in [0.2, 0.25) is 0 Å². The fourth-order valence-corrected chi connectivity index (χ4v) is 3.64. The van der Waals surface area contributed by atoms with Gasteiger partial charge in [0.25, 0.3) is 5.91 Å². The normalized spacial score (nSPS) is 17.1. The zero-order valence-electron chi connectivity index (χ0n) is 16.1. The molecule has 4 N–H and O–H groups in total. The Hall–Kier alpha value is -2.28. The number of halogens is 1. The van der Waals surface area contributed by atoms with Gasteiger partial charge in [-0.3, -0.25) is 9.59 Å². The summed E-state index contributed by atoms with van der Waals surface area (Å²) in [5, 5.41) is 5.86. The smallest absolute Gasteiger partial charge is 0.312 e. The van der Waals surface area contributed by atoms with E-state index in [-0.39, 0.29) is 18.4 Å². The molecule has 7 nitrogen and oxygen atoms in total. The molecule has 1 saturated carbocycles. The number of nitrogens with one attached hydrogen (secondary N) is 2. The van der Waals surface area contributed by atoms with Crippen molar-refractivity contribution in [1.82, 2.24) is 10.6 Å². The molecule has 28 heavy (non-hydrogen) atoms. The van der Waals surface area contributed by atoms with E-state index in [2.05, 4.69) is 10.6 Å². The van der Waals surface area contributed by atoms with Crippen molar-refractivity contribution in [2.75, 3.05) is 0 Å². The Morgan fingerprint density at radius 1 is 1.18 bits per heavy atom. The minimum Gasteiger partial charge on any atom is -0.452 e. The average Bonchev–Trinajstić information content (AvgIpc) is 2.89. The molecule has 2 rings (SSSR count). The van der Waals surface area contributed by atoms with Crippen LogP contribution in [0.5, 0.6) is 0 Å². The summed E-state index contributed by atoms with van der Waals surface area (Å²) in [5.74, 6) is -0.931. The second-order valence-electron chi connectivity index (χ2n) is 7.12. The van der Waals surface area contributed by atoms with Crippen LogP contribution in [0.25, 0.3) is 0 Å².